The summed E-state index contributed by atoms with van der Waals surface area (Å²) in [7, 11) is 0. The summed E-state index contributed by atoms with van der Waals surface area (Å²) in [6.07, 6.45) is 8.87. The summed E-state index contributed by atoms with van der Waals surface area (Å²) in [5.74, 6) is -2.32. The summed E-state index contributed by atoms with van der Waals surface area (Å²) in [6, 6.07) is 28.8. The number of aliphatic carboxylic acids is 1. The number of ether oxygens (including phenoxy) is 3. The second-order valence-corrected chi connectivity index (χ2v) is 18.7. The van der Waals surface area contributed by atoms with Crippen LogP contribution in [-0.4, -0.2) is 69.0 Å². The first-order valence-corrected chi connectivity index (χ1v) is 29.9. The van der Waals surface area contributed by atoms with E-state index < -0.39 is 30.4 Å². The molecule has 9 rings (SSSR count). The molecule has 3 heterocycles. The molecule has 2 aromatic heterocycles. The van der Waals surface area contributed by atoms with Crippen molar-refractivity contribution < 1.29 is 99.3 Å². The molecule has 2 saturated carbocycles. The average molecular weight is 1350 g/mol. The molecule has 72 heavy (non-hydrogen) atoms. The first-order valence-electron chi connectivity index (χ1n) is 24.0. The van der Waals surface area contributed by atoms with E-state index in [-0.39, 0.29) is 100 Å². The van der Waals surface area contributed by atoms with Gasteiger partial charge in [0.2, 0.25) is 0 Å². The van der Waals surface area contributed by atoms with Crippen LogP contribution in [0.4, 0.5) is 8.78 Å². The molecule has 10 nitrogen and oxygen atoms in total. The Kier molecular flexibility index (Phi) is 23.0. The molecule has 6 aromatic rings. The average Bonchev–Trinajstić information content (AvgIpc) is 4.29. The van der Waals surface area contributed by atoms with Crippen LogP contribution in [-0.2, 0) is 23.8 Å². The smallest absolute Gasteiger partial charge is 0.550 e. The van der Waals surface area contributed by atoms with Crippen molar-refractivity contribution in [2.24, 2.45) is 0 Å². The minimum Gasteiger partial charge on any atom is -0.550 e. The second-order valence-electron chi connectivity index (χ2n) is 18.7. The molecule has 2 aliphatic carbocycles. The fourth-order valence-corrected chi connectivity index (χ4v) is 8.95. The summed E-state index contributed by atoms with van der Waals surface area (Å²) in [5.41, 5.74) is 9.42. The van der Waals surface area contributed by atoms with Gasteiger partial charge in [-0.05, 0) is 101 Å². The number of esters is 1. The standard InChI is InChI=1S/C31H34FNO4.C25H24FNO4.I2.HI.K/c1-19(2)35-28(34)18-24-17-23(36-31(3,4)37-24)15-16-26-29(20-11-13-22(32)14-12-20)25-7-5-6-8-27(25)33-30(26)21-9-10-21;26-17-9-7-15(8-10-17)24-20-3-1-2-4-22(20)27-25(16-5-6-16)21(24)12-11-18(28)13-19(29)14-23(30)31;1-2;;/h5-8,11-16,19,21,23-24H,9-10,17-18H2,1-4H3;1-4,7-12,16,18-19,28-29H,5-6,13-14H2,(H,30,31);;1H;/q;;;;+1/p-1/b16-15+;12-11+;;;/t23-,24-;18-,19-;;;/m11.../s1/i/hD. The van der Waals surface area contributed by atoms with E-state index in [1.54, 1.807) is 24.3 Å². The van der Waals surface area contributed by atoms with Gasteiger partial charge >= 0.3 is 57.4 Å². The number of carbonyl (C=O) groups is 2. The third-order valence-corrected chi connectivity index (χ3v) is 12.1. The maximum atomic E-state index is 13.8. The molecule has 3 aliphatic rings. The number of halogens is 5. The van der Waals surface area contributed by atoms with Gasteiger partial charge in [0.15, 0.2) is 5.79 Å². The Balaban J connectivity index is 0.000000254. The van der Waals surface area contributed by atoms with Crippen LogP contribution in [0.15, 0.2) is 109 Å². The summed E-state index contributed by atoms with van der Waals surface area (Å²) < 4.78 is 50.7. The van der Waals surface area contributed by atoms with E-state index in [2.05, 4.69) is 55.5 Å². The summed E-state index contributed by atoms with van der Waals surface area (Å²) in [4.78, 5) is 32.9. The van der Waals surface area contributed by atoms with E-state index >= 15 is 0 Å². The Morgan fingerprint density at radius 2 is 1.28 bits per heavy atom. The fraction of sp³-hybridized carbons (Fsp3) is 0.357. The number of aliphatic hydroxyl groups excluding tert-OH is 2. The molecule has 0 amide bonds. The molecule has 16 heteroatoms. The van der Waals surface area contributed by atoms with Crippen molar-refractivity contribution in [2.45, 2.75) is 127 Å². The molecule has 4 atom stereocenters. The molecule has 4 aromatic carbocycles. The van der Waals surface area contributed by atoms with Gasteiger partial charge in [0.25, 0.3) is 0 Å². The predicted molar refractivity (Wildman–Crippen MR) is 300 cm³/mol. The molecule has 1 saturated heterocycles. The van der Waals surface area contributed by atoms with E-state index in [0.717, 1.165) is 92.3 Å². The number of rotatable bonds is 15. The van der Waals surface area contributed by atoms with Crippen molar-refractivity contribution >= 4 is 107 Å². The Morgan fingerprint density at radius 1 is 0.806 bits per heavy atom. The molecule has 3 fully saturated rings. The number of aliphatic hydroxyl groups is 2. The van der Waals surface area contributed by atoms with Crippen LogP contribution in [0.5, 0.6) is 0 Å². The molecule has 0 bridgehead atoms. The Morgan fingerprint density at radius 3 is 1.74 bits per heavy atom. The zero-order valence-electron chi connectivity index (χ0n) is 41.9. The zero-order chi connectivity index (χ0) is 52.1. The van der Waals surface area contributed by atoms with E-state index in [9.17, 15) is 33.7 Å². The molecular weight excluding hydrogens is 1290 g/mol. The monoisotopic (exact) mass is 1350 g/mol. The molecule has 376 valence electrons. The number of para-hydroxylation sites is 2. The number of nitrogens with zero attached hydrogens (tertiary/aromatic N) is 2. The van der Waals surface area contributed by atoms with E-state index in [0.29, 0.717) is 18.3 Å². The van der Waals surface area contributed by atoms with Crippen LogP contribution in [0.1, 0.15) is 113 Å². The molecular formula is C56H58F2I3KN2O8. The number of carboxylic acid groups (broad SMARTS) is 1. The number of pyridine rings is 2. The minimum atomic E-state index is -1.36. The van der Waals surface area contributed by atoms with Crippen LogP contribution >= 0.6 is 61.0 Å². The van der Waals surface area contributed by atoms with E-state index in [1.807, 2.05) is 82.3 Å². The Hall–Kier alpha value is -2.35. The number of hydrogen-bond acceptors (Lipinski definition) is 10. The van der Waals surface area contributed by atoms with Crippen LogP contribution in [0, 0.1) is 11.6 Å². The van der Waals surface area contributed by atoms with Crippen LogP contribution in [0.3, 0.4) is 0 Å². The molecule has 0 unspecified atom stereocenters. The summed E-state index contributed by atoms with van der Waals surface area (Å²) >= 11 is 5.64. The van der Waals surface area contributed by atoms with Crippen molar-refractivity contribution in [1.29, 1.82) is 0.594 Å². The quantitative estimate of drug-likeness (QED) is 0.0578. The van der Waals surface area contributed by atoms with Gasteiger partial charge in [-0.2, -0.15) is 0 Å². The summed E-state index contributed by atoms with van der Waals surface area (Å²) in [6.45, 7) is 7.41. The van der Waals surface area contributed by atoms with Gasteiger partial charge < -0.3 is 34.3 Å². The first kappa shape index (κ1) is 58.9. The van der Waals surface area contributed by atoms with Crippen LogP contribution < -0.4 is 56.5 Å². The van der Waals surface area contributed by atoms with Crippen LogP contribution in [0.25, 0.3) is 56.2 Å². The number of hydrogen-bond donors (Lipinski definition) is 2. The Labute approximate surface area is 503 Å². The van der Waals surface area contributed by atoms with E-state index in [1.165, 1.54) is 48.0 Å². The molecule has 1 aliphatic heterocycles. The maximum Gasteiger partial charge on any atom is 1.00 e. The van der Waals surface area contributed by atoms with Gasteiger partial charge in [-0.3, -0.25) is 14.8 Å². The zero-order valence-corrected chi connectivity index (χ0v) is 50.5. The van der Waals surface area contributed by atoms with E-state index in [4.69, 9.17) is 24.8 Å². The van der Waals surface area contributed by atoms with Crippen molar-refractivity contribution in [3.05, 3.63) is 143 Å². The SMILES string of the molecule is CC(C)OC(=O)C[C@H]1C[C@@H](/C=C/c2c(C3CC3)nc3ccccc3c2-c2ccc(F)cc2)OC(C)(C)O1.II.O=C([O-])C[C@H](O)C[C@H](O)/C=C/c1c(C2CC2)nc2ccccc2c1-c1ccc(F)cc1.[2H]I.[K+]. The van der Waals surface area contributed by atoms with Gasteiger partial charge in [-0.1, -0.05) is 85.0 Å². The predicted octanol–water partition coefficient (Wildman–Crippen LogP) is 9.76. The second kappa shape index (κ2) is 28.1. The number of benzene rings is 4. The van der Waals surface area contributed by atoms with Gasteiger partial charge in [-0.15, -0.1) is 23.8 Å². The fourth-order valence-electron chi connectivity index (χ4n) is 8.95. The van der Waals surface area contributed by atoms with Crippen molar-refractivity contribution in [2.75, 3.05) is 0 Å². The Bertz CT molecular complexity index is 2850. The first-order chi connectivity index (χ1) is 34.6. The van der Waals surface area contributed by atoms with Gasteiger partial charge in [-0.25, -0.2) is 8.78 Å². The number of carbonyl (C=O) groups excluding carboxylic acids is 2. The minimum absolute atomic E-state index is 0. The van der Waals surface area contributed by atoms with Crippen LogP contribution in [0.2, 0.25) is 0 Å². The largest absolute Gasteiger partial charge is 1.00 e. The van der Waals surface area contributed by atoms with Gasteiger partial charge in [0.1, 0.15) is 12.2 Å². The van der Waals surface area contributed by atoms with Gasteiger partial charge in [0.05, 0.1) is 59.4 Å². The van der Waals surface area contributed by atoms with Gasteiger partial charge in [0, 0.05) is 107 Å². The topological polar surface area (TPSA) is 151 Å². The number of fused-ring (bicyclic) bond motifs is 2. The molecule has 2 N–H and O–H groups in total. The molecule has 0 radical (unpaired) electrons. The number of carboxylic acids is 1. The van der Waals surface area contributed by atoms with Crippen molar-refractivity contribution in [1.82, 2.24) is 9.97 Å². The number of aromatic nitrogens is 2. The summed E-state index contributed by atoms with van der Waals surface area (Å²) in [5, 5.41) is 32.7. The normalized spacial score (nSPS) is 18.1. The van der Waals surface area contributed by atoms with Crippen molar-refractivity contribution in [3.63, 3.8) is 0 Å². The third kappa shape index (κ3) is 16.8. The van der Waals surface area contributed by atoms with Crippen molar-refractivity contribution in [3.8, 4) is 22.3 Å². The third-order valence-electron chi connectivity index (χ3n) is 12.1. The molecule has 0 spiro atoms. The maximum absolute atomic E-state index is 13.8.